The molecule has 5 heteroatoms. The van der Waals surface area contributed by atoms with Crippen LogP contribution in [0.3, 0.4) is 0 Å². The number of hydrogen-bond acceptors (Lipinski definition) is 4. The topological polar surface area (TPSA) is 67.8 Å². The molecule has 0 bridgehead atoms. The van der Waals surface area contributed by atoms with E-state index < -0.39 is 6.10 Å². The molecule has 1 fully saturated rings. The van der Waals surface area contributed by atoms with E-state index in [0.29, 0.717) is 23.1 Å². The van der Waals surface area contributed by atoms with Gasteiger partial charge in [0.2, 0.25) is 0 Å². The van der Waals surface area contributed by atoms with Crippen LogP contribution in [0.5, 0.6) is 11.5 Å². The van der Waals surface area contributed by atoms with E-state index >= 15 is 0 Å². The van der Waals surface area contributed by atoms with Gasteiger partial charge in [0.1, 0.15) is 11.5 Å². The van der Waals surface area contributed by atoms with E-state index in [1.807, 2.05) is 0 Å². The summed E-state index contributed by atoms with van der Waals surface area (Å²) in [6.45, 7) is 1.60. The zero-order valence-corrected chi connectivity index (χ0v) is 11.2. The lowest BCUT2D eigenvalue weighted by Gasteiger charge is -2.14. The number of hydrogen-bond donors (Lipinski definition) is 2. The Bertz CT molecular complexity index is 455. The number of benzene rings is 1. The molecule has 0 unspecified atom stereocenters. The van der Waals surface area contributed by atoms with Crippen molar-refractivity contribution in [2.24, 2.45) is 0 Å². The van der Waals surface area contributed by atoms with E-state index in [1.165, 1.54) is 0 Å². The Morgan fingerprint density at radius 1 is 1.53 bits per heavy atom. The molecule has 0 radical (unpaired) electrons. The first-order valence-corrected chi connectivity index (χ1v) is 6.38. The van der Waals surface area contributed by atoms with Gasteiger partial charge in [0.15, 0.2) is 6.61 Å². The first kappa shape index (κ1) is 13.7. The summed E-state index contributed by atoms with van der Waals surface area (Å²) < 4.78 is 10.6. The highest BCUT2D eigenvalue weighted by atomic mass is 16.5. The zero-order chi connectivity index (χ0) is 13.8. The van der Waals surface area contributed by atoms with Crippen molar-refractivity contribution in [2.75, 3.05) is 13.7 Å². The molecule has 104 valence electrons. The third-order valence-corrected chi connectivity index (χ3v) is 2.97. The van der Waals surface area contributed by atoms with Crippen LogP contribution in [0.15, 0.2) is 18.2 Å². The maximum atomic E-state index is 11.6. The van der Waals surface area contributed by atoms with Crippen LogP contribution in [-0.4, -0.2) is 30.8 Å². The summed E-state index contributed by atoms with van der Waals surface area (Å²) in [5.41, 5.74) is 0.639. The molecule has 1 amide bonds. The second-order valence-electron chi connectivity index (χ2n) is 4.71. The van der Waals surface area contributed by atoms with Gasteiger partial charge in [0.25, 0.3) is 5.91 Å². The highest BCUT2D eigenvalue weighted by molar-refractivity contribution is 5.78. The first-order chi connectivity index (χ1) is 9.10. The van der Waals surface area contributed by atoms with Gasteiger partial charge in [-0.05, 0) is 31.9 Å². The van der Waals surface area contributed by atoms with Crippen molar-refractivity contribution in [1.29, 1.82) is 0 Å². The molecule has 19 heavy (non-hydrogen) atoms. The number of nitrogens with one attached hydrogen (secondary N) is 1. The van der Waals surface area contributed by atoms with Crippen LogP contribution in [0.25, 0.3) is 0 Å². The Hall–Kier alpha value is -1.75. The quantitative estimate of drug-likeness (QED) is 0.816. The van der Waals surface area contributed by atoms with Gasteiger partial charge in [-0.1, -0.05) is 0 Å². The molecular weight excluding hydrogens is 246 g/mol. The van der Waals surface area contributed by atoms with Crippen LogP contribution in [0, 0.1) is 0 Å². The largest absolute Gasteiger partial charge is 0.497 e. The standard InChI is InChI=1S/C14H19NO4/c1-9(16)12-6-5-11(18-2)7-13(12)19-8-14(17)15-10-3-4-10/h5-7,9-10,16H,3-4,8H2,1-2H3,(H,15,17)/t9-/m0/s1. The molecule has 1 aromatic carbocycles. The Labute approximate surface area is 112 Å². The molecule has 0 aliphatic heterocycles. The minimum atomic E-state index is -0.660. The van der Waals surface area contributed by atoms with Crippen molar-refractivity contribution in [2.45, 2.75) is 31.9 Å². The Balaban J connectivity index is 2.01. The highest BCUT2D eigenvalue weighted by Gasteiger charge is 2.23. The molecule has 0 aromatic heterocycles. The number of aliphatic hydroxyl groups excluding tert-OH is 1. The molecular formula is C14H19NO4. The summed E-state index contributed by atoms with van der Waals surface area (Å²) in [6, 6.07) is 5.47. The van der Waals surface area contributed by atoms with Gasteiger partial charge >= 0.3 is 0 Å². The first-order valence-electron chi connectivity index (χ1n) is 6.38. The Kier molecular flexibility index (Phi) is 4.27. The number of methoxy groups -OCH3 is 1. The fourth-order valence-electron chi connectivity index (χ4n) is 1.75. The third kappa shape index (κ3) is 3.86. The fourth-order valence-corrected chi connectivity index (χ4v) is 1.75. The number of carbonyl (C=O) groups is 1. The van der Waals surface area contributed by atoms with Crippen molar-refractivity contribution < 1.29 is 19.4 Å². The summed E-state index contributed by atoms with van der Waals surface area (Å²) >= 11 is 0. The van der Waals surface area contributed by atoms with Gasteiger partial charge in [0, 0.05) is 17.7 Å². The molecule has 5 nitrogen and oxygen atoms in total. The normalized spacial score (nSPS) is 15.7. The molecule has 0 saturated heterocycles. The van der Waals surface area contributed by atoms with Crippen LogP contribution >= 0.6 is 0 Å². The molecule has 2 rings (SSSR count). The maximum Gasteiger partial charge on any atom is 0.258 e. The van der Waals surface area contributed by atoms with E-state index in [0.717, 1.165) is 12.8 Å². The average Bonchev–Trinajstić information content (AvgIpc) is 3.19. The highest BCUT2D eigenvalue weighted by Crippen LogP contribution is 2.29. The van der Waals surface area contributed by atoms with Gasteiger partial charge in [-0.3, -0.25) is 4.79 Å². The molecule has 1 saturated carbocycles. The molecule has 2 N–H and O–H groups in total. The van der Waals surface area contributed by atoms with Crippen LogP contribution < -0.4 is 14.8 Å². The lowest BCUT2D eigenvalue weighted by molar-refractivity contribution is -0.123. The van der Waals surface area contributed by atoms with Crippen molar-refractivity contribution in [3.05, 3.63) is 23.8 Å². The van der Waals surface area contributed by atoms with Crippen molar-refractivity contribution >= 4 is 5.91 Å². The monoisotopic (exact) mass is 265 g/mol. The van der Waals surface area contributed by atoms with Gasteiger partial charge in [-0.15, -0.1) is 0 Å². The second-order valence-corrected chi connectivity index (χ2v) is 4.71. The lowest BCUT2D eigenvalue weighted by atomic mass is 10.1. The van der Waals surface area contributed by atoms with Gasteiger partial charge in [-0.2, -0.15) is 0 Å². The van der Waals surface area contributed by atoms with Crippen LogP contribution in [0.2, 0.25) is 0 Å². The smallest absolute Gasteiger partial charge is 0.258 e. The number of ether oxygens (including phenoxy) is 2. The van der Waals surface area contributed by atoms with Gasteiger partial charge in [0.05, 0.1) is 13.2 Å². The predicted octanol–water partition coefficient (Wildman–Crippen LogP) is 1.41. The number of carbonyl (C=O) groups excluding carboxylic acids is 1. The van der Waals surface area contributed by atoms with Crippen LogP contribution in [-0.2, 0) is 4.79 Å². The Morgan fingerprint density at radius 2 is 2.26 bits per heavy atom. The fraction of sp³-hybridized carbons (Fsp3) is 0.500. The summed E-state index contributed by atoms with van der Waals surface area (Å²) in [5, 5.41) is 12.5. The van der Waals surface area contributed by atoms with Crippen LogP contribution in [0.4, 0.5) is 0 Å². The molecule has 1 atom stereocenters. The number of rotatable bonds is 6. The third-order valence-electron chi connectivity index (χ3n) is 2.97. The lowest BCUT2D eigenvalue weighted by Crippen LogP contribution is -2.30. The summed E-state index contributed by atoms with van der Waals surface area (Å²) in [5.74, 6) is 0.962. The van der Waals surface area contributed by atoms with E-state index in [1.54, 1.807) is 32.2 Å². The molecule has 1 aliphatic carbocycles. The molecule has 1 aromatic rings. The van der Waals surface area contributed by atoms with Crippen molar-refractivity contribution in [3.8, 4) is 11.5 Å². The van der Waals surface area contributed by atoms with Crippen molar-refractivity contribution in [3.63, 3.8) is 0 Å². The van der Waals surface area contributed by atoms with Gasteiger partial charge in [-0.25, -0.2) is 0 Å². The summed E-state index contributed by atoms with van der Waals surface area (Å²) in [4.78, 5) is 11.6. The minimum absolute atomic E-state index is 0.0522. The second kappa shape index (κ2) is 5.93. The van der Waals surface area contributed by atoms with E-state index in [2.05, 4.69) is 5.32 Å². The van der Waals surface area contributed by atoms with Crippen LogP contribution in [0.1, 0.15) is 31.4 Å². The number of aliphatic hydroxyl groups is 1. The molecule has 0 heterocycles. The van der Waals surface area contributed by atoms with Gasteiger partial charge < -0.3 is 19.9 Å². The summed E-state index contributed by atoms with van der Waals surface area (Å²) in [7, 11) is 1.56. The minimum Gasteiger partial charge on any atom is -0.497 e. The van der Waals surface area contributed by atoms with E-state index in [4.69, 9.17) is 9.47 Å². The average molecular weight is 265 g/mol. The maximum absolute atomic E-state index is 11.6. The summed E-state index contributed by atoms with van der Waals surface area (Å²) in [6.07, 6.45) is 1.43. The SMILES string of the molecule is COc1ccc([C@H](C)O)c(OCC(=O)NC2CC2)c1. The van der Waals surface area contributed by atoms with E-state index in [9.17, 15) is 9.90 Å². The Morgan fingerprint density at radius 3 is 2.84 bits per heavy atom. The molecule has 0 spiro atoms. The molecule has 1 aliphatic rings. The number of amides is 1. The zero-order valence-electron chi connectivity index (χ0n) is 11.2. The van der Waals surface area contributed by atoms with Crippen molar-refractivity contribution in [1.82, 2.24) is 5.32 Å². The predicted molar refractivity (Wildman–Crippen MR) is 70.3 cm³/mol. The van der Waals surface area contributed by atoms with E-state index in [-0.39, 0.29) is 12.5 Å².